The van der Waals surface area contributed by atoms with E-state index >= 15 is 0 Å². The summed E-state index contributed by atoms with van der Waals surface area (Å²) < 4.78 is 18.3. The van der Waals surface area contributed by atoms with Gasteiger partial charge in [0.15, 0.2) is 0 Å². The van der Waals surface area contributed by atoms with Crippen LogP contribution in [0.2, 0.25) is 5.02 Å². The Kier molecular flexibility index (Phi) is 6.58. The maximum absolute atomic E-state index is 13.8. The quantitative estimate of drug-likeness (QED) is 0.813. The van der Waals surface area contributed by atoms with Gasteiger partial charge >= 0.3 is 5.97 Å². The van der Waals surface area contributed by atoms with Crippen LogP contribution >= 0.6 is 11.6 Å². The summed E-state index contributed by atoms with van der Waals surface area (Å²) in [5.74, 6) is -1.93. The smallest absolute Gasteiger partial charge is 0.307 e. The van der Waals surface area contributed by atoms with Crippen molar-refractivity contribution >= 4 is 23.5 Å². The Balaban J connectivity index is 2.96. The minimum Gasteiger partial charge on any atom is -0.469 e. The highest BCUT2D eigenvalue weighted by molar-refractivity contribution is 6.33. The van der Waals surface area contributed by atoms with Crippen LogP contribution in [-0.4, -0.2) is 48.2 Å². The third kappa shape index (κ3) is 4.99. The number of ether oxygens (including phenoxy) is 1. The van der Waals surface area contributed by atoms with Gasteiger partial charge in [-0.3, -0.25) is 9.59 Å². The van der Waals surface area contributed by atoms with Crippen molar-refractivity contribution in [1.82, 2.24) is 4.90 Å². The van der Waals surface area contributed by atoms with E-state index in [1.165, 1.54) is 31.1 Å². The zero-order valence-corrected chi connectivity index (χ0v) is 12.6. The first-order valence-electron chi connectivity index (χ1n) is 6.35. The molecule has 0 aliphatic rings. The van der Waals surface area contributed by atoms with Crippen molar-refractivity contribution in [3.8, 4) is 0 Å². The Morgan fingerprint density at radius 3 is 2.67 bits per heavy atom. The number of nitrogens with zero attached hydrogens (tertiary/aromatic N) is 1. The molecular formula is C14H17ClFNO4. The number of halogens is 2. The highest BCUT2D eigenvalue weighted by atomic mass is 35.5. The van der Waals surface area contributed by atoms with Gasteiger partial charge in [0.25, 0.3) is 5.91 Å². The molecule has 0 saturated carbocycles. The molecule has 0 saturated heterocycles. The van der Waals surface area contributed by atoms with Crippen LogP contribution < -0.4 is 0 Å². The van der Waals surface area contributed by atoms with Crippen molar-refractivity contribution in [3.05, 3.63) is 34.6 Å². The Labute approximate surface area is 127 Å². The van der Waals surface area contributed by atoms with Gasteiger partial charge in [-0.25, -0.2) is 4.39 Å². The molecule has 1 unspecified atom stereocenters. The summed E-state index contributed by atoms with van der Waals surface area (Å²) >= 11 is 5.85. The molecule has 116 valence electrons. The molecule has 0 bridgehead atoms. The average Bonchev–Trinajstić information content (AvgIpc) is 2.42. The molecule has 1 aromatic rings. The van der Waals surface area contributed by atoms with E-state index in [-0.39, 0.29) is 30.1 Å². The highest BCUT2D eigenvalue weighted by Gasteiger charge is 2.23. The van der Waals surface area contributed by atoms with Crippen LogP contribution in [0.4, 0.5) is 4.39 Å². The van der Waals surface area contributed by atoms with E-state index in [1.54, 1.807) is 0 Å². The number of aliphatic hydroxyl groups is 1. The maximum atomic E-state index is 13.8. The summed E-state index contributed by atoms with van der Waals surface area (Å²) in [6, 6.07) is 3.92. The van der Waals surface area contributed by atoms with Gasteiger partial charge in [0.05, 0.1) is 30.2 Å². The molecule has 0 radical (unpaired) electrons. The van der Waals surface area contributed by atoms with Crippen molar-refractivity contribution in [2.75, 3.05) is 20.2 Å². The number of carbonyl (C=O) groups is 2. The lowest BCUT2D eigenvalue weighted by molar-refractivity contribution is -0.140. The van der Waals surface area contributed by atoms with Gasteiger partial charge in [0.1, 0.15) is 5.82 Å². The van der Waals surface area contributed by atoms with E-state index in [0.717, 1.165) is 6.07 Å². The summed E-state index contributed by atoms with van der Waals surface area (Å²) in [6.07, 6.45) is -0.877. The highest BCUT2D eigenvalue weighted by Crippen LogP contribution is 2.21. The second-order valence-electron chi connectivity index (χ2n) is 4.52. The lowest BCUT2D eigenvalue weighted by Crippen LogP contribution is -2.38. The number of esters is 1. The second kappa shape index (κ2) is 7.95. The molecule has 1 amide bonds. The van der Waals surface area contributed by atoms with Crippen LogP contribution in [0.1, 0.15) is 23.7 Å². The fraction of sp³-hybridized carbons (Fsp3) is 0.429. The molecule has 1 rings (SSSR count). The molecule has 0 spiro atoms. The minimum atomic E-state index is -0.822. The molecule has 21 heavy (non-hydrogen) atoms. The summed E-state index contributed by atoms with van der Waals surface area (Å²) in [4.78, 5) is 24.7. The van der Waals surface area contributed by atoms with E-state index in [2.05, 4.69) is 4.74 Å². The van der Waals surface area contributed by atoms with Crippen LogP contribution in [0.3, 0.4) is 0 Å². The first kappa shape index (κ1) is 17.4. The van der Waals surface area contributed by atoms with E-state index in [4.69, 9.17) is 11.6 Å². The zero-order valence-electron chi connectivity index (χ0n) is 11.8. The Bertz CT molecular complexity index is 501. The first-order valence-corrected chi connectivity index (χ1v) is 6.72. The largest absolute Gasteiger partial charge is 0.469 e. The van der Waals surface area contributed by atoms with Gasteiger partial charge in [-0.15, -0.1) is 0 Å². The second-order valence-corrected chi connectivity index (χ2v) is 4.93. The number of amides is 1. The fourth-order valence-electron chi connectivity index (χ4n) is 1.78. The molecule has 7 heteroatoms. The van der Waals surface area contributed by atoms with Gasteiger partial charge in [0.2, 0.25) is 0 Å². The SMILES string of the molecule is COC(=O)CCN(CC(C)O)C(=O)c1c(F)cccc1Cl. The lowest BCUT2D eigenvalue weighted by atomic mass is 10.1. The summed E-state index contributed by atoms with van der Waals surface area (Å²) in [5, 5.41) is 9.42. The van der Waals surface area contributed by atoms with Crippen LogP contribution in [0, 0.1) is 5.82 Å². The number of hydrogen-bond acceptors (Lipinski definition) is 4. The molecule has 0 aliphatic carbocycles. The van der Waals surface area contributed by atoms with Gasteiger partial charge in [-0.2, -0.15) is 0 Å². The van der Waals surface area contributed by atoms with Crippen molar-refractivity contribution < 1.29 is 23.8 Å². The molecule has 0 aliphatic heterocycles. The van der Waals surface area contributed by atoms with Crippen molar-refractivity contribution in [2.45, 2.75) is 19.4 Å². The van der Waals surface area contributed by atoms with Gasteiger partial charge in [-0.1, -0.05) is 17.7 Å². The third-order valence-electron chi connectivity index (χ3n) is 2.76. The molecule has 0 fully saturated rings. The standard InChI is InChI=1S/C14H17ClFNO4/c1-9(18)8-17(7-6-12(19)21-2)14(20)13-10(15)4-3-5-11(13)16/h3-5,9,18H,6-8H2,1-2H3. The lowest BCUT2D eigenvalue weighted by Gasteiger charge is -2.24. The number of hydrogen-bond donors (Lipinski definition) is 1. The Hall–Kier alpha value is -1.66. The maximum Gasteiger partial charge on any atom is 0.307 e. The van der Waals surface area contributed by atoms with Crippen molar-refractivity contribution in [2.24, 2.45) is 0 Å². The fourth-order valence-corrected chi connectivity index (χ4v) is 2.03. The molecule has 1 atom stereocenters. The summed E-state index contributed by atoms with van der Waals surface area (Å²) in [5.41, 5.74) is -0.273. The van der Waals surface area contributed by atoms with E-state index in [0.29, 0.717) is 0 Å². The van der Waals surface area contributed by atoms with Crippen molar-refractivity contribution in [3.63, 3.8) is 0 Å². The minimum absolute atomic E-state index is 0.00106. The van der Waals surface area contributed by atoms with Gasteiger partial charge < -0.3 is 14.7 Å². The normalized spacial score (nSPS) is 11.9. The monoisotopic (exact) mass is 317 g/mol. The predicted molar refractivity (Wildman–Crippen MR) is 75.6 cm³/mol. The summed E-state index contributed by atoms with van der Waals surface area (Å²) in [6.45, 7) is 1.45. The molecule has 5 nitrogen and oxygen atoms in total. The van der Waals surface area contributed by atoms with E-state index in [9.17, 15) is 19.1 Å². The van der Waals surface area contributed by atoms with Gasteiger partial charge in [0, 0.05) is 13.1 Å². The topological polar surface area (TPSA) is 66.8 Å². The first-order chi connectivity index (χ1) is 9.86. The predicted octanol–water partition coefficient (Wildman–Crippen LogP) is 1.87. The Morgan fingerprint density at radius 2 is 2.14 bits per heavy atom. The Morgan fingerprint density at radius 1 is 1.48 bits per heavy atom. The molecule has 0 heterocycles. The van der Waals surface area contributed by atoms with Crippen LogP contribution in [0.5, 0.6) is 0 Å². The number of carbonyl (C=O) groups excluding carboxylic acids is 2. The van der Waals surface area contributed by atoms with Crippen LogP contribution in [0.15, 0.2) is 18.2 Å². The number of aliphatic hydroxyl groups excluding tert-OH is 1. The van der Waals surface area contributed by atoms with E-state index < -0.39 is 23.8 Å². The van der Waals surface area contributed by atoms with Crippen LogP contribution in [0.25, 0.3) is 0 Å². The average molecular weight is 318 g/mol. The molecular weight excluding hydrogens is 301 g/mol. The number of rotatable bonds is 6. The third-order valence-corrected chi connectivity index (χ3v) is 3.08. The zero-order chi connectivity index (χ0) is 16.0. The van der Waals surface area contributed by atoms with E-state index in [1.807, 2.05) is 0 Å². The molecule has 1 aromatic carbocycles. The molecule has 0 aromatic heterocycles. The van der Waals surface area contributed by atoms with Crippen LogP contribution in [-0.2, 0) is 9.53 Å². The summed E-state index contributed by atoms with van der Waals surface area (Å²) in [7, 11) is 1.23. The van der Waals surface area contributed by atoms with Crippen molar-refractivity contribution in [1.29, 1.82) is 0 Å². The molecule has 1 N–H and O–H groups in total. The number of methoxy groups -OCH3 is 1. The number of benzene rings is 1. The van der Waals surface area contributed by atoms with Gasteiger partial charge in [-0.05, 0) is 19.1 Å².